The number of anilines is 1. The van der Waals surface area contributed by atoms with Crippen LogP contribution >= 0.6 is 0 Å². The van der Waals surface area contributed by atoms with E-state index in [-0.39, 0.29) is 11.8 Å². The van der Waals surface area contributed by atoms with Crippen molar-refractivity contribution in [3.63, 3.8) is 0 Å². The molecule has 0 aromatic carbocycles. The average Bonchev–Trinajstić information content (AvgIpc) is 3.22. The molecule has 4 nitrogen and oxygen atoms in total. The van der Waals surface area contributed by atoms with E-state index in [1.54, 1.807) is 12.4 Å². The molecule has 3 fully saturated rings. The molecule has 0 aliphatic heterocycles. The fourth-order valence-corrected chi connectivity index (χ4v) is 3.22. The molecule has 1 heterocycles. The van der Waals surface area contributed by atoms with Gasteiger partial charge in [0.15, 0.2) is 5.82 Å². The number of amides is 1. The summed E-state index contributed by atoms with van der Waals surface area (Å²) in [5.41, 5.74) is 0.983. The molecule has 4 heteroatoms. The van der Waals surface area contributed by atoms with Gasteiger partial charge in [-0.2, -0.15) is 0 Å². The number of aromatic nitrogens is 2. The number of carbonyl (C=O) groups excluding carboxylic acids is 1. The van der Waals surface area contributed by atoms with Crippen LogP contribution in [-0.2, 0) is 4.79 Å². The summed E-state index contributed by atoms with van der Waals surface area (Å²) in [5.74, 6) is 3.09. The summed E-state index contributed by atoms with van der Waals surface area (Å²) in [7, 11) is 0. The first-order valence-electron chi connectivity index (χ1n) is 7.44. The van der Waals surface area contributed by atoms with Crippen molar-refractivity contribution in [2.75, 3.05) is 5.32 Å². The molecule has 0 unspecified atom stereocenters. The van der Waals surface area contributed by atoms with Crippen molar-refractivity contribution in [2.24, 2.45) is 17.8 Å². The zero-order chi connectivity index (χ0) is 12.8. The Hall–Kier alpha value is -1.45. The third kappa shape index (κ3) is 2.13. The van der Waals surface area contributed by atoms with Crippen LogP contribution in [-0.4, -0.2) is 15.9 Å². The summed E-state index contributed by atoms with van der Waals surface area (Å²) < 4.78 is 0. The largest absolute Gasteiger partial charge is 0.309 e. The molecule has 3 aliphatic rings. The molecule has 100 valence electrons. The fourth-order valence-electron chi connectivity index (χ4n) is 3.22. The molecular weight excluding hydrogens is 238 g/mol. The van der Waals surface area contributed by atoms with E-state index >= 15 is 0 Å². The van der Waals surface area contributed by atoms with Gasteiger partial charge < -0.3 is 5.32 Å². The summed E-state index contributed by atoms with van der Waals surface area (Å²) in [6.07, 6.45) is 10.8. The van der Waals surface area contributed by atoms with Crippen molar-refractivity contribution >= 4 is 11.7 Å². The van der Waals surface area contributed by atoms with Crippen molar-refractivity contribution in [2.45, 2.75) is 44.4 Å². The van der Waals surface area contributed by atoms with Gasteiger partial charge in [0, 0.05) is 24.2 Å². The van der Waals surface area contributed by atoms with Crippen molar-refractivity contribution in [1.82, 2.24) is 9.97 Å². The van der Waals surface area contributed by atoms with Gasteiger partial charge in [0.1, 0.15) is 0 Å². The highest BCUT2D eigenvalue weighted by Crippen LogP contribution is 2.52. The second kappa shape index (κ2) is 4.29. The van der Waals surface area contributed by atoms with Gasteiger partial charge in [-0.1, -0.05) is 19.3 Å². The van der Waals surface area contributed by atoms with E-state index in [9.17, 15) is 4.79 Å². The van der Waals surface area contributed by atoms with E-state index in [4.69, 9.17) is 0 Å². The molecule has 3 aliphatic carbocycles. The molecule has 2 atom stereocenters. The first kappa shape index (κ1) is 11.4. The van der Waals surface area contributed by atoms with Gasteiger partial charge in [-0.05, 0) is 31.1 Å². The van der Waals surface area contributed by atoms with Gasteiger partial charge >= 0.3 is 0 Å². The van der Waals surface area contributed by atoms with Crippen molar-refractivity contribution in [1.29, 1.82) is 0 Å². The maximum atomic E-state index is 12.2. The first-order valence-corrected chi connectivity index (χ1v) is 7.44. The van der Waals surface area contributed by atoms with Crippen LogP contribution < -0.4 is 5.32 Å². The zero-order valence-corrected chi connectivity index (χ0v) is 11.0. The Bertz CT molecular complexity index is 508. The van der Waals surface area contributed by atoms with Crippen LogP contribution in [0.1, 0.15) is 50.1 Å². The van der Waals surface area contributed by atoms with Crippen LogP contribution in [0, 0.1) is 17.8 Å². The Kier molecular flexibility index (Phi) is 2.57. The number of hydrogen-bond donors (Lipinski definition) is 1. The maximum absolute atomic E-state index is 12.2. The fraction of sp³-hybridized carbons (Fsp3) is 0.667. The number of nitrogens with one attached hydrogen (secondary N) is 1. The summed E-state index contributed by atoms with van der Waals surface area (Å²) in [6.45, 7) is 0. The van der Waals surface area contributed by atoms with E-state index < -0.39 is 0 Å². The molecule has 4 rings (SSSR count). The lowest BCUT2D eigenvalue weighted by molar-refractivity contribution is -0.117. The maximum Gasteiger partial charge on any atom is 0.228 e. The molecule has 19 heavy (non-hydrogen) atoms. The van der Waals surface area contributed by atoms with Crippen LogP contribution in [0.4, 0.5) is 5.82 Å². The third-order valence-electron chi connectivity index (χ3n) is 4.86. The minimum atomic E-state index is 0.166. The quantitative estimate of drug-likeness (QED) is 0.902. The van der Waals surface area contributed by atoms with Gasteiger partial charge in [-0.25, -0.2) is 4.98 Å². The minimum Gasteiger partial charge on any atom is -0.309 e. The second-order valence-corrected chi connectivity index (χ2v) is 6.25. The van der Waals surface area contributed by atoms with Crippen molar-refractivity contribution in [3.8, 4) is 0 Å². The zero-order valence-electron chi connectivity index (χ0n) is 11.0. The minimum absolute atomic E-state index is 0.166. The summed E-state index contributed by atoms with van der Waals surface area (Å²) in [5, 5.41) is 3.01. The Morgan fingerprint density at radius 1 is 1.16 bits per heavy atom. The molecule has 1 aromatic rings. The highest BCUT2D eigenvalue weighted by Gasteiger charge is 2.49. The lowest BCUT2D eigenvalue weighted by Gasteiger charge is -2.25. The Morgan fingerprint density at radius 2 is 1.95 bits per heavy atom. The Balaban J connectivity index is 1.42. The third-order valence-corrected chi connectivity index (χ3v) is 4.86. The predicted molar refractivity (Wildman–Crippen MR) is 71.6 cm³/mol. The van der Waals surface area contributed by atoms with Crippen LogP contribution in [0.5, 0.6) is 0 Å². The predicted octanol–water partition coefficient (Wildman–Crippen LogP) is 2.73. The van der Waals surface area contributed by atoms with Gasteiger partial charge in [-0.15, -0.1) is 0 Å². The van der Waals surface area contributed by atoms with E-state index in [2.05, 4.69) is 15.3 Å². The molecule has 0 saturated heterocycles. The van der Waals surface area contributed by atoms with Crippen LogP contribution in [0.2, 0.25) is 0 Å². The molecule has 1 amide bonds. The van der Waals surface area contributed by atoms with E-state index in [1.807, 2.05) is 0 Å². The Morgan fingerprint density at radius 3 is 2.63 bits per heavy atom. The highest BCUT2D eigenvalue weighted by atomic mass is 16.2. The topological polar surface area (TPSA) is 54.9 Å². The van der Waals surface area contributed by atoms with Gasteiger partial charge in [-0.3, -0.25) is 9.78 Å². The van der Waals surface area contributed by atoms with Gasteiger partial charge in [0.2, 0.25) is 5.91 Å². The smallest absolute Gasteiger partial charge is 0.228 e. The van der Waals surface area contributed by atoms with Crippen LogP contribution in [0.15, 0.2) is 12.4 Å². The van der Waals surface area contributed by atoms with Crippen molar-refractivity contribution < 1.29 is 4.79 Å². The lowest BCUT2D eigenvalue weighted by atomic mass is 9.81. The number of nitrogens with zero attached hydrogens (tertiary/aromatic N) is 2. The molecule has 0 bridgehead atoms. The number of carbonyl (C=O) groups is 1. The standard InChI is InChI=1S/C15H19N3O/c19-15(12-8-11(12)9-2-1-3-9)18-14-13(10-4-5-10)16-6-7-17-14/h6-7,9-12H,1-5,8H2,(H,17,18,19)/t11-,12+/m0/s1. The van der Waals surface area contributed by atoms with Crippen molar-refractivity contribution in [3.05, 3.63) is 18.1 Å². The average molecular weight is 257 g/mol. The number of rotatable bonds is 4. The lowest BCUT2D eigenvalue weighted by Crippen LogP contribution is -2.21. The summed E-state index contributed by atoms with van der Waals surface area (Å²) in [6, 6.07) is 0. The SMILES string of the molecule is O=C(Nc1nccnc1C1CC1)[C@@H]1C[C@H]1C1CCC1. The summed E-state index contributed by atoms with van der Waals surface area (Å²) in [4.78, 5) is 20.9. The molecule has 1 N–H and O–H groups in total. The van der Waals surface area contributed by atoms with Gasteiger partial charge in [0.05, 0.1) is 5.69 Å². The molecule has 1 aromatic heterocycles. The normalized spacial score (nSPS) is 29.7. The van der Waals surface area contributed by atoms with Gasteiger partial charge in [0.25, 0.3) is 0 Å². The van der Waals surface area contributed by atoms with Crippen LogP contribution in [0.3, 0.4) is 0 Å². The number of hydrogen-bond acceptors (Lipinski definition) is 3. The monoisotopic (exact) mass is 257 g/mol. The van der Waals surface area contributed by atoms with E-state index in [1.165, 1.54) is 32.1 Å². The molecule has 0 spiro atoms. The molecular formula is C15H19N3O. The highest BCUT2D eigenvalue weighted by molar-refractivity contribution is 5.94. The first-order chi connectivity index (χ1) is 9.33. The Labute approximate surface area is 113 Å². The summed E-state index contributed by atoms with van der Waals surface area (Å²) >= 11 is 0. The molecule has 3 saturated carbocycles. The van der Waals surface area contributed by atoms with Crippen LogP contribution in [0.25, 0.3) is 0 Å². The van der Waals surface area contributed by atoms with E-state index in [0.717, 1.165) is 18.0 Å². The molecule has 0 radical (unpaired) electrons. The van der Waals surface area contributed by atoms with E-state index in [0.29, 0.717) is 17.7 Å². The second-order valence-electron chi connectivity index (χ2n) is 6.25.